The molecule has 0 atom stereocenters. The first-order chi connectivity index (χ1) is 9.06. The molecule has 96 valence electrons. The van der Waals surface area contributed by atoms with E-state index >= 15 is 0 Å². The number of rotatable bonds is 1. The summed E-state index contributed by atoms with van der Waals surface area (Å²) in [5.41, 5.74) is 9.53. The minimum atomic E-state index is 0.541. The van der Waals surface area contributed by atoms with Gasteiger partial charge < -0.3 is 5.73 Å². The Labute approximate surface area is 120 Å². The van der Waals surface area contributed by atoms with Crippen LogP contribution in [0.1, 0.15) is 5.56 Å². The molecule has 0 radical (unpaired) electrons. The van der Waals surface area contributed by atoms with Crippen molar-refractivity contribution >= 4 is 34.7 Å². The van der Waals surface area contributed by atoms with Crippen molar-refractivity contribution in [1.82, 2.24) is 9.38 Å². The van der Waals surface area contributed by atoms with E-state index in [4.69, 9.17) is 28.9 Å². The summed E-state index contributed by atoms with van der Waals surface area (Å²) < 4.78 is 1.84. The summed E-state index contributed by atoms with van der Waals surface area (Å²) in [5.74, 6) is 0.569. The molecule has 19 heavy (non-hydrogen) atoms. The molecule has 2 aromatic heterocycles. The molecule has 3 rings (SSSR count). The molecule has 0 saturated heterocycles. The maximum absolute atomic E-state index is 6.21. The fourth-order valence-electron chi connectivity index (χ4n) is 2.05. The van der Waals surface area contributed by atoms with Crippen LogP contribution >= 0.6 is 23.2 Å². The lowest BCUT2D eigenvalue weighted by atomic mass is 10.1. The minimum absolute atomic E-state index is 0.541. The fourth-order valence-corrected chi connectivity index (χ4v) is 2.54. The third kappa shape index (κ3) is 2.05. The van der Waals surface area contributed by atoms with Crippen LogP contribution < -0.4 is 5.73 Å². The number of fused-ring (bicyclic) bond motifs is 1. The van der Waals surface area contributed by atoms with E-state index in [-0.39, 0.29) is 0 Å². The summed E-state index contributed by atoms with van der Waals surface area (Å²) in [5, 5.41) is 1.13. The van der Waals surface area contributed by atoms with Gasteiger partial charge in [0, 0.05) is 16.8 Å². The van der Waals surface area contributed by atoms with Gasteiger partial charge in [0.2, 0.25) is 0 Å². The van der Waals surface area contributed by atoms with Crippen LogP contribution in [0.5, 0.6) is 0 Å². The Kier molecular flexibility index (Phi) is 2.88. The van der Waals surface area contributed by atoms with Crippen molar-refractivity contribution in [2.75, 3.05) is 5.73 Å². The molecular formula is C14H11Cl2N3. The van der Waals surface area contributed by atoms with Crippen molar-refractivity contribution in [1.29, 1.82) is 0 Å². The van der Waals surface area contributed by atoms with E-state index in [9.17, 15) is 0 Å². The molecule has 3 aromatic rings. The third-order valence-electron chi connectivity index (χ3n) is 3.00. The Balaban J connectivity index is 2.27. The summed E-state index contributed by atoms with van der Waals surface area (Å²) in [6, 6.07) is 9.25. The number of hydrogen-bond donors (Lipinski definition) is 1. The topological polar surface area (TPSA) is 43.3 Å². The number of nitrogens with two attached hydrogens (primary N) is 1. The van der Waals surface area contributed by atoms with Crippen molar-refractivity contribution < 1.29 is 0 Å². The summed E-state index contributed by atoms with van der Waals surface area (Å²) >= 11 is 12.1. The number of aromatic nitrogens is 2. The van der Waals surface area contributed by atoms with Gasteiger partial charge in [-0.1, -0.05) is 23.2 Å². The van der Waals surface area contributed by atoms with Gasteiger partial charge in [-0.3, -0.25) is 4.40 Å². The first-order valence-electron chi connectivity index (χ1n) is 5.76. The van der Waals surface area contributed by atoms with Crippen molar-refractivity contribution in [3.8, 4) is 11.3 Å². The van der Waals surface area contributed by atoms with Crippen molar-refractivity contribution in [2.24, 2.45) is 0 Å². The predicted molar refractivity (Wildman–Crippen MR) is 79.8 cm³/mol. The highest BCUT2D eigenvalue weighted by Crippen LogP contribution is 2.33. The largest absolute Gasteiger partial charge is 0.383 e. The van der Waals surface area contributed by atoms with E-state index in [0.717, 1.165) is 16.8 Å². The number of aryl methyl sites for hydroxylation is 1. The highest BCUT2D eigenvalue weighted by Gasteiger charge is 2.14. The van der Waals surface area contributed by atoms with E-state index in [1.165, 1.54) is 0 Å². The summed E-state index contributed by atoms with van der Waals surface area (Å²) in [6.45, 7) is 2.01. The Hall–Kier alpha value is -1.71. The Morgan fingerprint density at radius 1 is 1.16 bits per heavy atom. The quantitative estimate of drug-likeness (QED) is 0.730. The standard InChI is InChI=1S/C14H11Cl2N3/c1-8-4-5-19-12(6-8)18-13(14(19)17)10-3-2-9(15)7-11(10)16/h2-7H,17H2,1H3. The third-order valence-corrected chi connectivity index (χ3v) is 3.55. The van der Waals surface area contributed by atoms with Gasteiger partial charge in [0.25, 0.3) is 0 Å². The number of pyridine rings is 1. The molecule has 0 unspecified atom stereocenters. The summed E-state index contributed by atoms with van der Waals surface area (Å²) in [7, 11) is 0. The molecule has 0 aliphatic heterocycles. The average molecular weight is 292 g/mol. The molecule has 0 spiro atoms. The second-order valence-corrected chi connectivity index (χ2v) is 5.25. The van der Waals surface area contributed by atoms with Crippen LogP contribution in [-0.2, 0) is 0 Å². The predicted octanol–water partition coefficient (Wildman–Crippen LogP) is 4.20. The van der Waals surface area contributed by atoms with E-state index in [1.807, 2.05) is 35.7 Å². The number of benzene rings is 1. The van der Waals surface area contributed by atoms with Gasteiger partial charge in [-0.05, 0) is 42.8 Å². The molecule has 1 aromatic carbocycles. The van der Waals surface area contributed by atoms with Gasteiger partial charge in [0.05, 0.1) is 5.02 Å². The lowest BCUT2D eigenvalue weighted by Gasteiger charge is -2.02. The number of imidazole rings is 1. The molecule has 0 fully saturated rings. The first kappa shape index (κ1) is 12.3. The van der Waals surface area contributed by atoms with Crippen LogP contribution in [0.4, 0.5) is 5.82 Å². The second-order valence-electron chi connectivity index (χ2n) is 4.40. The lowest BCUT2D eigenvalue weighted by molar-refractivity contribution is 1.18. The fraction of sp³-hybridized carbons (Fsp3) is 0.0714. The molecular weight excluding hydrogens is 281 g/mol. The molecule has 2 heterocycles. The maximum atomic E-state index is 6.21. The SMILES string of the molecule is Cc1ccn2c(N)c(-c3ccc(Cl)cc3Cl)nc2c1. The van der Waals surface area contributed by atoms with E-state index in [1.54, 1.807) is 12.1 Å². The highest BCUT2D eigenvalue weighted by atomic mass is 35.5. The van der Waals surface area contributed by atoms with Crippen LogP contribution in [0, 0.1) is 6.92 Å². The van der Waals surface area contributed by atoms with Crippen molar-refractivity contribution in [2.45, 2.75) is 6.92 Å². The van der Waals surface area contributed by atoms with Gasteiger partial charge in [-0.2, -0.15) is 0 Å². The number of hydrogen-bond acceptors (Lipinski definition) is 2. The average Bonchev–Trinajstić information content (AvgIpc) is 2.66. The zero-order valence-electron chi connectivity index (χ0n) is 10.2. The monoisotopic (exact) mass is 291 g/mol. The van der Waals surface area contributed by atoms with E-state index < -0.39 is 0 Å². The van der Waals surface area contributed by atoms with Crippen molar-refractivity contribution in [3.05, 3.63) is 52.1 Å². The number of nitrogen functional groups attached to an aromatic ring is 1. The van der Waals surface area contributed by atoms with Gasteiger partial charge >= 0.3 is 0 Å². The zero-order valence-corrected chi connectivity index (χ0v) is 11.7. The highest BCUT2D eigenvalue weighted by molar-refractivity contribution is 6.36. The summed E-state index contributed by atoms with van der Waals surface area (Å²) in [4.78, 5) is 4.54. The van der Waals surface area contributed by atoms with Gasteiger partial charge in [-0.15, -0.1) is 0 Å². The Morgan fingerprint density at radius 3 is 2.68 bits per heavy atom. The zero-order chi connectivity index (χ0) is 13.6. The molecule has 0 bridgehead atoms. The van der Waals surface area contributed by atoms with E-state index in [2.05, 4.69) is 4.98 Å². The van der Waals surface area contributed by atoms with Crippen LogP contribution in [0.3, 0.4) is 0 Å². The molecule has 0 aliphatic rings. The smallest absolute Gasteiger partial charge is 0.139 e. The van der Waals surface area contributed by atoms with Crippen LogP contribution in [0.2, 0.25) is 10.0 Å². The van der Waals surface area contributed by atoms with Crippen LogP contribution in [0.15, 0.2) is 36.5 Å². The normalized spacial score (nSPS) is 11.1. The van der Waals surface area contributed by atoms with Gasteiger partial charge in [-0.25, -0.2) is 4.98 Å². The first-order valence-corrected chi connectivity index (χ1v) is 6.51. The molecule has 0 saturated carbocycles. The second kappa shape index (κ2) is 4.44. The van der Waals surface area contributed by atoms with Crippen LogP contribution in [-0.4, -0.2) is 9.38 Å². The lowest BCUT2D eigenvalue weighted by Crippen LogP contribution is -1.94. The van der Waals surface area contributed by atoms with Gasteiger partial charge in [0.1, 0.15) is 17.2 Å². The molecule has 5 heteroatoms. The van der Waals surface area contributed by atoms with E-state index in [0.29, 0.717) is 21.6 Å². The van der Waals surface area contributed by atoms with Crippen molar-refractivity contribution in [3.63, 3.8) is 0 Å². The van der Waals surface area contributed by atoms with Crippen LogP contribution in [0.25, 0.3) is 16.9 Å². The summed E-state index contributed by atoms with van der Waals surface area (Å²) in [6.07, 6.45) is 1.90. The molecule has 3 nitrogen and oxygen atoms in total. The molecule has 0 aliphatic carbocycles. The van der Waals surface area contributed by atoms with Gasteiger partial charge in [0.15, 0.2) is 0 Å². The molecule has 2 N–H and O–H groups in total. The Morgan fingerprint density at radius 2 is 1.95 bits per heavy atom. The molecule has 0 amide bonds. The number of anilines is 1. The number of halogens is 2. The minimum Gasteiger partial charge on any atom is -0.383 e. The Bertz CT molecular complexity index is 778. The maximum Gasteiger partial charge on any atom is 0.139 e. The number of nitrogens with zero attached hydrogens (tertiary/aromatic N) is 2.